The van der Waals surface area contributed by atoms with Crippen LogP contribution in [0.5, 0.6) is 0 Å². The van der Waals surface area contributed by atoms with E-state index in [-0.39, 0.29) is 34.9 Å². The monoisotopic (exact) mass is 470 g/mol. The summed E-state index contributed by atoms with van der Waals surface area (Å²) >= 11 is 0. The zero-order valence-corrected chi connectivity index (χ0v) is 19.0. The average molecular weight is 471 g/mol. The second-order valence-electron chi connectivity index (χ2n) is 9.17. The highest BCUT2D eigenvalue weighted by Gasteiger charge is 2.41. The normalized spacial score (nSPS) is 20.7. The first-order valence-electron chi connectivity index (χ1n) is 11.7. The molecule has 176 valence electrons. The number of hydrogen-bond acceptors (Lipinski definition) is 7. The summed E-state index contributed by atoms with van der Waals surface area (Å²) in [5, 5.41) is 15.5. The van der Waals surface area contributed by atoms with E-state index in [1.807, 2.05) is 24.4 Å². The highest BCUT2D eigenvalue weighted by Crippen LogP contribution is 2.37. The average Bonchev–Trinajstić information content (AvgIpc) is 3.61. The standard InChI is InChI=1S/C26H23FN6O2/c27-18-4-1-3-16(12-28)23(18)19-11-20(24-21(31-19)14-30-25(24)34)32-22-6-5-17(13-29-22)33-9-8-26(15-33)7-2-10-35-26/h1,3-6,11,13H,2,7-10,14-15H2,(H,30,34)(H,29,31,32)/t26-/m0/s1. The van der Waals surface area contributed by atoms with Crippen LogP contribution in [-0.2, 0) is 11.3 Å². The Morgan fingerprint density at radius 1 is 1.23 bits per heavy atom. The van der Waals surface area contributed by atoms with Crippen molar-refractivity contribution < 1.29 is 13.9 Å². The number of pyridine rings is 2. The number of carbonyl (C=O) groups excluding carboxylic acids is 1. The number of anilines is 3. The van der Waals surface area contributed by atoms with Gasteiger partial charge in [-0.05, 0) is 49.6 Å². The van der Waals surface area contributed by atoms with Crippen LogP contribution >= 0.6 is 0 Å². The van der Waals surface area contributed by atoms with Crippen LogP contribution < -0.4 is 15.5 Å². The minimum Gasteiger partial charge on any atom is -0.373 e. The van der Waals surface area contributed by atoms with E-state index in [2.05, 4.69) is 25.5 Å². The van der Waals surface area contributed by atoms with Crippen LogP contribution in [0.2, 0.25) is 0 Å². The molecule has 0 bridgehead atoms. The van der Waals surface area contributed by atoms with Gasteiger partial charge in [0.15, 0.2) is 0 Å². The number of rotatable bonds is 4. The number of aromatic nitrogens is 2. The van der Waals surface area contributed by atoms with Gasteiger partial charge in [-0.1, -0.05) is 6.07 Å². The molecule has 5 heterocycles. The SMILES string of the molecule is N#Cc1cccc(F)c1-c1cc(Nc2ccc(N3CC[C@@]4(CCCO4)C3)cn2)c2c(n1)CNC2=O. The Kier molecular flexibility index (Phi) is 5.11. The molecule has 0 unspecified atom stereocenters. The van der Waals surface area contributed by atoms with E-state index >= 15 is 0 Å². The van der Waals surface area contributed by atoms with E-state index in [1.165, 1.54) is 12.1 Å². The lowest BCUT2D eigenvalue weighted by Crippen LogP contribution is -2.32. The molecule has 3 aliphatic rings. The fourth-order valence-corrected chi connectivity index (χ4v) is 5.26. The van der Waals surface area contributed by atoms with Gasteiger partial charge >= 0.3 is 0 Å². The molecule has 1 spiro atoms. The summed E-state index contributed by atoms with van der Waals surface area (Å²) in [6.07, 6.45) is 5.05. The van der Waals surface area contributed by atoms with Crippen molar-refractivity contribution in [3.63, 3.8) is 0 Å². The predicted molar refractivity (Wildman–Crippen MR) is 128 cm³/mol. The van der Waals surface area contributed by atoms with Gasteiger partial charge in [-0.3, -0.25) is 4.79 Å². The number of fused-ring (bicyclic) bond motifs is 1. The van der Waals surface area contributed by atoms with Crippen LogP contribution in [0, 0.1) is 17.1 Å². The predicted octanol–water partition coefficient (Wildman–Crippen LogP) is 3.90. The lowest BCUT2D eigenvalue weighted by molar-refractivity contribution is 0.0231. The summed E-state index contributed by atoms with van der Waals surface area (Å²) in [5.74, 6) is -0.254. The van der Waals surface area contributed by atoms with Crippen molar-refractivity contribution in [2.75, 3.05) is 29.9 Å². The maximum Gasteiger partial charge on any atom is 0.255 e. The molecule has 2 saturated heterocycles. The molecule has 2 fully saturated rings. The number of ether oxygens (including phenoxy) is 1. The summed E-state index contributed by atoms with van der Waals surface area (Å²) < 4.78 is 20.7. The molecule has 1 aromatic carbocycles. The largest absolute Gasteiger partial charge is 0.373 e. The number of benzene rings is 1. The van der Waals surface area contributed by atoms with Crippen LogP contribution in [0.1, 0.15) is 40.9 Å². The summed E-state index contributed by atoms with van der Waals surface area (Å²) in [7, 11) is 0. The maximum atomic E-state index is 14.7. The molecule has 2 N–H and O–H groups in total. The van der Waals surface area contributed by atoms with E-state index in [0.29, 0.717) is 22.8 Å². The topological polar surface area (TPSA) is 103 Å². The highest BCUT2D eigenvalue weighted by molar-refractivity contribution is 6.04. The van der Waals surface area contributed by atoms with Crippen molar-refractivity contribution in [2.45, 2.75) is 31.4 Å². The molecule has 1 atom stereocenters. The molecule has 2 aromatic heterocycles. The maximum absolute atomic E-state index is 14.7. The molecule has 8 nitrogen and oxygen atoms in total. The Hall–Kier alpha value is -4.03. The number of nitriles is 1. The smallest absolute Gasteiger partial charge is 0.255 e. The van der Waals surface area contributed by atoms with E-state index in [9.17, 15) is 14.4 Å². The van der Waals surface area contributed by atoms with Gasteiger partial charge in [-0.2, -0.15) is 5.26 Å². The van der Waals surface area contributed by atoms with Gasteiger partial charge < -0.3 is 20.3 Å². The molecule has 0 saturated carbocycles. The third-order valence-corrected chi connectivity index (χ3v) is 7.01. The Balaban J connectivity index is 1.31. The van der Waals surface area contributed by atoms with E-state index in [0.717, 1.165) is 44.6 Å². The number of hydrogen-bond donors (Lipinski definition) is 2. The summed E-state index contributed by atoms with van der Waals surface area (Å²) in [6, 6.07) is 11.8. The van der Waals surface area contributed by atoms with Crippen molar-refractivity contribution in [3.05, 3.63) is 65.2 Å². The van der Waals surface area contributed by atoms with Gasteiger partial charge in [0, 0.05) is 19.7 Å². The Labute approximate surface area is 201 Å². The molecule has 3 aliphatic heterocycles. The van der Waals surface area contributed by atoms with Gasteiger partial charge in [-0.15, -0.1) is 0 Å². The summed E-state index contributed by atoms with van der Waals surface area (Å²) in [5.41, 5.74) is 2.93. The number of carbonyl (C=O) groups is 1. The van der Waals surface area contributed by atoms with Crippen LogP contribution in [0.4, 0.5) is 21.6 Å². The molecular weight excluding hydrogens is 447 g/mol. The zero-order chi connectivity index (χ0) is 24.0. The number of amides is 1. The second kappa shape index (κ2) is 8.32. The Morgan fingerprint density at radius 3 is 2.91 bits per heavy atom. The minimum atomic E-state index is -0.545. The van der Waals surface area contributed by atoms with Crippen molar-refractivity contribution in [1.29, 1.82) is 5.26 Å². The van der Waals surface area contributed by atoms with Crippen LogP contribution in [0.3, 0.4) is 0 Å². The number of nitrogens with one attached hydrogen (secondary N) is 2. The van der Waals surface area contributed by atoms with Crippen LogP contribution in [-0.4, -0.2) is 41.2 Å². The van der Waals surface area contributed by atoms with Gasteiger partial charge in [0.25, 0.3) is 5.91 Å². The van der Waals surface area contributed by atoms with Gasteiger partial charge in [0.1, 0.15) is 11.6 Å². The summed E-state index contributed by atoms with van der Waals surface area (Å²) in [4.78, 5) is 23.9. The van der Waals surface area contributed by atoms with E-state index in [4.69, 9.17) is 4.74 Å². The highest BCUT2D eigenvalue weighted by atomic mass is 19.1. The zero-order valence-electron chi connectivity index (χ0n) is 19.0. The quantitative estimate of drug-likeness (QED) is 0.596. The van der Waals surface area contributed by atoms with Gasteiger partial charge in [0.05, 0.1) is 63.9 Å². The molecule has 0 aliphatic carbocycles. The third kappa shape index (κ3) is 3.76. The van der Waals surface area contributed by atoms with Crippen LogP contribution in [0.25, 0.3) is 11.3 Å². The van der Waals surface area contributed by atoms with Crippen molar-refractivity contribution in [3.8, 4) is 17.3 Å². The van der Waals surface area contributed by atoms with Gasteiger partial charge in [-0.25, -0.2) is 14.4 Å². The van der Waals surface area contributed by atoms with E-state index in [1.54, 1.807) is 12.1 Å². The first-order chi connectivity index (χ1) is 17.0. The molecule has 9 heteroatoms. The fourth-order valence-electron chi connectivity index (χ4n) is 5.26. The van der Waals surface area contributed by atoms with Crippen molar-refractivity contribution in [1.82, 2.24) is 15.3 Å². The Morgan fingerprint density at radius 2 is 2.14 bits per heavy atom. The molecule has 0 radical (unpaired) electrons. The molecule has 3 aromatic rings. The molecule has 6 rings (SSSR count). The number of halogens is 1. The molecule has 35 heavy (non-hydrogen) atoms. The first kappa shape index (κ1) is 21.5. The lowest BCUT2D eigenvalue weighted by atomic mass is 10.00. The molecular formula is C26H23FN6O2. The van der Waals surface area contributed by atoms with Crippen molar-refractivity contribution >= 4 is 23.1 Å². The summed E-state index contributed by atoms with van der Waals surface area (Å²) in [6.45, 7) is 2.87. The molecule has 1 amide bonds. The minimum absolute atomic E-state index is 0.0206. The van der Waals surface area contributed by atoms with E-state index < -0.39 is 5.82 Å². The van der Waals surface area contributed by atoms with Gasteiger partial charge in [0.2, 0.25) is 0 Å². The second-order valence-corrected chi connectivity index (χ2v) is 9.17. The Bertz CT molecular complexity index is 1360. The lowest BCUT2D eigenvalue weighted by Gasteiger charge is -2.24. The van der Waals surface area contributed by atoms with Crippen molar-refractivity contribution in [2.24, 2.45) is 0 Å². The fraction of sp³-hybridized carbons (Fsp3) is 0.308. The number of nitrogens with zero attached hydrogens (tertiary/aromatic N) is 4. The van der Waals surface area contributed by atoms with Crippen LogP contribution in [0.15, 0.2) is 42.6 Å². The first-order valence-corrected chi connectivity index (χ1v) is 11.7. The third-order valence-electron chi connectivity index (χ3n) is 7.01.